The Kier molecular flexibility index (Phi) is 7.29. The van der Waals surface area contributed by atoms with Gasteiger partial charge >= 0.3 is 6.01 Å². The quantitative estimate of drug-likeness (QED) is 0.492. The number of aromatic nitrogens is 3. The van der Waals surface area contributed by atoms with Crippen LogP contribution in [0.15, 0.2) is 24.3 Å². The number of hydrogen-bond acceptors (Lipinski definition) is 9. The molecule has 0 spiro atoms. The summed E-state index contributed by atoms with van der Waals surface area (Å²) in [6.45, 7) is 9.70. The predicted molar refractivity (Wildman–Crippen MR) is 130 cm³/mol. The third-order valence-corrected chi connectivity index (χ3v) is 6.66. The van der Waals surface area contributed by atoms with Crippen LogP contribution in [0.2, 0.25) is 0 Å². The van der Waals surface area contributed by atoms with Crippen LogP contribution in [0.3, 0.4) is 0 Å². The molecule has 1 aromatic carbocycles. The van der Waals surface area contributed by atoms with Crippen molar-refractivity contribution >= 4 is 17.2 Å². The molecule has 3 heterocycles. The molecule has 2 N–H and O–H groups in total. The van der Waals surface area contributed by atoms with E-state index in [-0.39, 0.29) is 12.1 Å². The summed E-state index contributed by atoms with van der Waals surface area (Å²) in [4.78, 5) is 16.8. The maximum Gasteiger partial charge on any atom is 0.319 e. The summed E-state index contributed by atoms with van der Waals surface area (Å²) in [5.74, 6) is 1.84. The Morgan fingerprint density at radius 1 is 1.09 bits per heavy atom. The summed E-state index contributed by atoms with van der Waals surface area (Å²) in [5.41, 5.74) is 8.42. The van der Waals surface area contributed by atoms with Crippen molar-refractivity contribution in [3.8, 4) is 28.1 Å². The molecule has 9 heteroatoms. The molecule has 4 rings (SSSR count). The molecule has 1 fully saturated rings. The van der Waals surface area contributed by atoms with Crippen LogP contribution in [0.4, 0.5) is 5.82 Å². The van der Waals surface area contributed by atoms with Gasteiger partial charge in [-0.25, -0.2) is 9.97 Å². The van der Waals surface area contributed by atoms with Gasteiger partial charge in [0, 0.05) is 28.7 Å². The number of nitrogen functional groups attached to an aromatic ring is 1. The van der Waals surface area contributed by atoms with Crippen molar-refractivity contribution in [2.75, 3.05) is 39.1 Å². The van der Waals surface area contributed by atoms with Gasteiger partial charge in [-0.1, -0.05) is 0 Å². The molecule has 33 heavy (non-hydrogen) atoms. The third-order valence-electron chi connectivity index (χ3n) is 5.63. The molecular formula is C24H31N5O3S. The third kappa shape index (κ3) is 5.72. The van der Waals surface area contributed by atoms with Crippen LogP contribution >= 0.6 is 11.3 Å². The first-order valence-electron chi connectivity index (χ1n) is 11.2. The summed E-state index contributed by atoms with van der Waals surface area (Å²) in [6.07, 6.45) is 2.23. The molecule has 0 bridgehead atoms. The SMILES string of the molecule is COc1ccc(-c2nc([C@H](C)Oc3nc(C)cc(N)n3)c(C)s2)cc1OCCN1CCCC1. The van der Waals surface area contributed by atoms with E-state index in [1.165, 1.54) is 12.8 Å². The van der Waals surface area contributed by atoms with Gasteiger partial charge < -0.3 is 19.9 Å². The van der Waals surface area contributed by atoms with Crippen LogP contribution in [0.1, 0.15) is 42.1 Å². The number of rotatable bonds is 9. The Morgan fingerprint density at radius 2 is 1.88 bits per heavy atom. The largest absolute Gasteiger partial charge is 0.493 e. The van der Waals surface area contributed by atoms with Gasteiger partial charge in [-0.2, -0.15) is 4.98 Å². The van der Waals surface area contributed by atoms with Crippen LogP contribution in [0.5, 0.6) is 17.5 Å². The molecule has 0 saturated carbocycles. The van der Waals surface area contributed by atoms with Gasteiger partial charge in [0.2, 0.25) is 0 Å². The minimum Gasteiger partial charge on any atom is -0.493 e. The van der Waals surface area contributed by atoms with E-state index in [9.17, 15) is 0 Å². The maximum atomic E-state index is 6.10. The smallest absolute Gasteiger partial charge is 0.319 e. The fourth-order valence-electron chi connectivity index (χ4n) is 3.95. The van der Waals surface area contributed by atoms with Crippen LogP contribution in [0, 0.1) is 13.8 Å². The van der Waals surface area contributed by atoms with Crippen LogP contribution < -0.4 is 19.9 Å². The molecule has 0 radical (unpaired) electrons. The van der Waals surface area contributed by atoms with Crippen molar-refractivity contribution in [1.29, 1.82) is 0 Å². The lowest BCUT2D eigenvalue weighted by Crippen LogP contribution is -2.25. The van der Waals surface area contributed by atoms with Crippen molar-refractivity contribution in [3.63, 3.8) is 0 Å². The lowest BCUT2D eigenvalue weighted by molar-refractivity contribution is 0.203. The van der Waals surface area contributed by atoms with E-state index in [1.807, 2.05) is 39.0 Å². The zero-order valence-corrected chi connectivity index (χ0v) is 20.4. The summed E-state index contributed by atoms with van der Waals surface area (Å²) < 4.78 is 17.6. The fourth-order valence-corrected chi connectivity index (χ4v) is 4.95. The van der Waals surface area contributed by atoms with Gasteiger partial charge in [0.15, 0.2) is 11.5 Å². The second-order valence-corrected chi connectivity index (χ2v) is 9.40. The average Bonchev–Trinajstić information content (AvgIpc) is 3.42. The van der Waals surface area contributed by atoms with E-state index in [1.54, 1.807) is 24.5 Å². The summed E-state index contributed by atoms with van der Waals surface area (Å²) in [7, 11) is 1.66. The van der Waals surface area contributed by atoms with E-state index in [0.29, 0.717) is 12.4 Å². The van der Waals surface area contributed by atoms with E-state index < -0.39 is 0 Å². The fraction of sp³-hybridized carbons (Fsp3) is 0.458. The number of nitrogens with two attached hydrogens (primary N) is 1. The van der Waals surface area contributed by atoms with Gasteiger partial charge in [0.25, 0.3) is 0 Å². The highest BCUT2D eigenvalue weighted by Crippen LogP contribution is 2.36. The van der Waals surface area contributed by atoms with Crippen molar-refractivity contribution in [1.82, 2.24) is 19.9 Å². The predicted octanol–water partition coefficient (Wildman–Crippen LogP) is 4.42. The molecule has 1 aliphatic rings. The first-order valence-corrected chi connectivity index (χ1v) is 12.0. The summed E-state index contributed by atoms with van der Waals surface area (Å²) in [6, 6.07) is 7.90. The molecule has 1 atom stereocenters. The molecule has 1 aliphatic heterocycles. The lowest BCUT2D eigenvalue weighted by Gasteiger charge is -2.16. The van der Waals surface area contributed by atoms with Crippen molar-refractivity contribution in [3.05, 3.63) is 40.5 Å². The van der Waals surface area contributed by atoms with E-state index in [0.717, 1.165) is 58.0 Å². The van der Waals surface area contributed by atoms with Crippen LogP contribution in [-0.2, 0) is 0 Å². The number of thiazole rings is 1. The molecular weight excluding hydrogens is 438 g/mol. The Labute approximate surface area is 198 Å². The highest BCUT2D eigenvalue weighted by molar-refractivity contribution is 7.15. The maximum absolute atomic E-state index is 6.10. The molecule has 1 saturated heterocycles. The first kappa shape index (κ1) is 23.3. The Morgan fingerprint density at radius 3 is 2.61 bits per heavy atom. The second-order valence-electron chi connectivity index (χ2n) is 8.20. The van der Waals surface area contributed by atoms with Crippen LogP contribution in [-0.4, -0.2) is 53.2 Å². The van der Waals surface area contributed by atoms with Gasteiger partial charge in [-0.3, -0.25) is 4.90 Å². The average molecular weight is 470 g/mol. The van der Waals surface area contributed by atoms with Crippen molar-refractivity contribution in [2.45, 2.75) is 39.7 Å². The number of anilines is 1. The Balaban J connectivity index is 1.49. The van der Waals surface area contributed by atoms with Gasteiger partial charge in [0.05, 0.1) is 12.8 Å². The zero-order valence-electron chi connectivity index (χ0n) is 19.6. The number of ether oxygens (including phenoxy) is 3. The van der Waals surface area contributed by atoms with E-state index >= 15 is 0 Å². The van der Waals surface area contributed by atoms with Gasteiger partial charge in [-0.15, -0.1) is 11.3 Å². The number of aryl methyl sites for hydroxylation is 2. The molecule has 0 aliphatic carbocycles. The summed E-state index contributed by atoms with van der Waals surface area (Å²) >= 11 is 1.62. The number of methoxy groups -OCH3 is 1. The van der Waals surface area contributed by atoms with Crippen molar-refractivity contribution < 1.29 is 14.2 Å². The molecule has 176 valence electrons. The lowest BCUT2D eigenvalue weighted by atomic mass is 10.2. The monoisotopic (exact) mass is 469 g/mol. The number of nitrogens with zero attached hydrogens (tertiary/aromatic N) is 4. The second kappa shape index (κ2) is 10.4. The molecule has 3 aromatic rings. The van der Waals surface area contributed by atoms with Crippen molar-refractivity contribution in [2.24, 2.45) is 0 Å². The molecule has 0 amide bonds. The Hall–Kier alpha value is -2.91. The first-order chi connectivity index (χ1) is 15.9. The van der Waals surface area contributed by atoms with Gasteiger partial charge in [0.1, 0.15) is 23.5 Å². The highest BCUT2D eigenvalue weighted by Gasteiger charge is 2.19. The minimum absolute atomic E-state index is 0.257. The van der Waals surface area contributed by atoms with Gasteiger partial charge in [-0.05, 0) is 64.9 Å². The van der Waals surface area contributed by atoms with E-state index in [2.05, 4.69) is 14.9 Å². The number of hydrogen-bond donors (Lipinski definition) is 1. The number of benzene rings is 1. The highest BCUT2D eigenvalue weighted by atomic mass is 32.1. The summed E-state index contributed by atoms with van der Waals surface area (Å²) in [5, 5.41) is 0.898. The number of likely N-dealkylation sites (tertiary alicyclic amines) is 1. The Bertz CT molecular complexity index is 1080. The zero-order chi connectivity index (χ0) is 23.4. The molecule has 2 aromatic heterocycles. The minimum atomic E-state index is -0.314. The standard InChI is InChI=1S/C24H31N5O3S/c1-15-13-21(25)27-24(26-15)32-16(2)22-17(3)33-23(28-22)18-7-8-19(30-4)20(14-18)31-12-11-29-9-5-6-10-29/h7-8,13-14,16H,5-6,9-12H2,1-4H3,(H2,25,26,27)/t16-/m0/s1. The normalized spacial score (nSPS) is 14.9. The topological polar surface area (TPSA) is 95.6 Å². The molecule has 0 unspecified atom stereocenters. The van der Waals surface area contributed by atoms with Crippen LogP contribution in [0.25, 0.3) is 10.6 Å². The molecule has 8 nitrogen and oxygen atoms in total. The van der Waals surface area contributed by atoms with E-state index in [4.69, 9.17) is 24.9 Å².